The molecule has 0 heterocycles. The summed E-state index contributed by atoms with van der Waals surface area (Å²) in [7, 11) is 0. The van der Waals surface area contributed by atoms with Gasteiger partial charge < -0.3 is 10.2 Å². The van der Waals surface area contributed by atoms with Crippen molar-refractivity contribution in [3.05, 3.63) is 83.9 Å². The van der Waals surface area contributed by atoms with Crippen LogP contribution in [0.25, 0.3) is 21.5 Å². The molecule has 2 nitrogen and oxygen atoms in total. The van der Waals surface area contributed by atoms with Crippen molar-refractivity contribution < 1.29 is 10.2 Å². The van der Waals surface area contributed by atoms with Gasteiger partial charge in [0.05, 0.1) is 0 Å². The molecule has 0 atom stereocenters. The zero-order chi connectivity index (χ0) is 15.8. The van der Waals surface area contributed by atoms with Gasteiger partial charge in [-0.3, -0.25) is 0 Å². The lowest BCUT2D eigenvalue weighted by atomic mass is 9.95. The zero-order valence-corrected chi connectivity index (χ0v) is 12.5. The lowest BCUT2D eigenvalue weighted by Gasteiger charge is -2.11. The van der Waals surface area contributed by atoms with E-state index in [0.29, 0.717) is 12.2 Å². The third-order valence-corrected chi connectivity index (χ3v) is 4.36. The molecule has 4 rings (SSSR count). The summed E-state index contributed by atoms with van der Waals surface area (Å²) >= 11 is 0. The van der Waals surface area contributed by atoms with Crippen molar-refractivity contribution in [1.82, 2.24) is 0 Å². The summed E-state index contributed by atoms with van der Waals surface area (Å²) in [5, 5.41) is 24.3. The standard InChI is InChI=1S/C21H16O2/c22-20-12-11-15(17-6-3-4-8-19(17)20)13-16-10-9-14-5-1-2-7-18(14)21(16)23/h1-12,22-23H,13H2. The molecular formula is C21H16O2. The summed E-state index contributed by atoms with van der Waals surface area (Å²) in [5.74, 6) is 0.618. The minimum atomic E-state index is 0.284. The minimum absolute atomic E-state index is 0.284. The topological polar surface area (TPSA) is 40.5 Å². The van der Waals surface area contributed by atoms with E-state index < -0.39 is 0 Å². The molecule has 0 saturated heterocycles. The third kappa shape index (κ3) is 2.29. The van der Waals surface area contributed by atoms with Gasteiger partial charge in [-0.05, 0) is 28.0 Å². The van der Waals surface area contributed by atoms with Gasteiger partial charge in [-0.15, -0.1) is 0 Å². The minimum Gasteiger partial charge on any atom is -0.507 e. The van der Waals surface area contributed by atoms with E-state index in [1.54, 1.807) is 6.07 Å². The number of aromatic hydroxyl groups is 2. The molecule has 0 aliphatic carbocycles. The number of phenols is 2. The maximum absolute atomic E-state index is 10.6. The molecule has 2 N–H and O–H groups in total. The molecule has 112 valence electrons. The molecule has 23 heavy (non-hydrogen) atoms. The molecule has 0 fully saturated rings. The largest absolute Gasteiger partial charge is 0.507 e. The van der Waals surface area contributed by atoms with Crippen molar-refractivity contribution >= 4 is 21.5 Å². The Morgan fingerprint density at radius 1 is 0.565 bits per heavy atom. The Hall–Kier alpha value is -3.00. The first-order chi connectivity index (χ1) is 11.2. The number of phenolic OH excluding ortho intramolecular Hbond substituents is 2. The Bertz CT molecular complexity index is 1020. The highest BCUT2D eigenvalue weighted by Crippen LogP contribution is 2.33. The molecule has 0 spiro atoms. The van der Waals surface area contributed by atoms with E-state index in [4.69, 9.17) is 0 Å². The lowest BCUT2D eigenvalue weighted by molar-refractivity contribution is 0.476. The second-order valence-electron chi connectivity index (χ2n) is 5.76. The first-order valence-corrected chi connectivity index (χ1v) is 7.63. The Balaban J connectivity index is 1.86. The Morgan fingerprint density at radius 3 is 2.04 bits per heavy atom. The summed E-state index contributed by atoms with van der Waals surface area (Å²) in [6, 6.07) is 23.3. The van der Waals surface area contributed by atoms with E-state index in [1.165, 1.54) is 0 Å². The molecule has 4 aromatic carbocycles. The second kappa shape index (κ2) is 5.33. The van der Waals surface area contributed by atoms with Gasteiger partial charge in [0.2, 0.25) is 0 Å². The molecule has 0 amide bonds. The van der Waals surface area contributed by atoms with Crippen LogP contribution in [0.15, 0.2) is 72.8 Å². The van der Waals surface area contributed by atoms with Crippen molar-refractivity contribution in [2.24, 2.45) is 0 Å². The fraction of sp³-hybridized carbons (Fsp3) is 0.0476. The fourth-order valence-corrected chi connectivity index (χ4v) is 3.15. The summed E-state index contributed by atoms with van der Waals surface area (Å²) < 4.78 is 0. The van der Waals surface area contributed by atoms with E-state index in [1.807, 2.05) is 66.7 Å². The van der Waals surface area contributed by atoms with E-state index in [0.717, 1.165) is 32.7 Å². The highest BCUT2D eigenvalue weighted by atomic mass is 16.3. The Kier molecular flexibility index (Phi) is 3.16. The fourth-order valence-electron chi connectivity index (χ4n) is 3.15. The van der Waals surface area contributed by atoms with Gasteiger partial charge in [-0.1, -0.05) is 66.7 Å². The average molecular weight is 300 g/mol. The molecule has 0 aromatic heterocycles. The van der Waals surface area contributed by atoms with Crippen molar-refractivity contribution in [3.63, 3.8) is 0 Å². The zero-order valence-electron chi connectivity index (χ0n) is 12.5. The quantitative estimate of drug-likeness (QED) is 0.547. The van der Waals surface area contributed by atoms with Gasteiger partial charge in [0, 0.05) is 17.2 Å². The second-order valence-corrected chi connectivity index (χ2v) is 5.76. The first kappa shape index (κ1) is 13.6. The molecule has 4 aromatic rings. The van der Waals surface area contributed by atoms with E-state index in [9.17, 15) is 10.2 Å². The van der Waals surface area contributed by atoms with Crippen LogP contribution in [0.1, 0.15) is 11.1 Å². The predicted molar refractivity (Wildman–Crippen MR) is 94.0 cm³/mol. The van der Waals surface area contributed by atoms with Gasteiger partial charge in [-0.25, -0.2) is 0 Å². The lowest BCUT2D eigenvalue weighted by Crippen LogP contribution is -1.92. The molecular weight excluding hydrogens is 284 g/mol. The predicted octanol–water partition coefficient (Wildman–Crippen LogP) is 5.00. The Morgan fingerprint density at radius 2 is 1.22 bits per heavy atom. The van der Waals surface area contributed by atoms with Crippen LogP contribution in [0.2, 0.25) is 0 Å². The average Bonchev–Trinajstić information content (AvgIpc) is 2.60. The van der Waals surface area contributed by atoms with Gasteiger partial charge in [-0.2, -0.15) is 0 Å². The highest BCUT2D eigenvalue weighted by Gasteiger charge is 2.10. The maximum Gasteiger partial charge on any atom is 0.126 e. The number of rotatable bonds is 2. The normalized spacial score (nSPS) is 11.1. The summed E-state index contributed by atoms with van der Waals surface area (Å²) in [6.07, 6.45) is 0.622. The monoisotopic (exact) mass is 300 g/mol. The number of hydrogen-bond donors (Lipinski definition) is 2. The maximum atomic E-state index is 10.6. The van der Waals surface area contributed by atoms with Crippen molar-refractivity contribution in [1.29, 1.82) is 0 Å². The van der Waals surface area contributed by atoms with Crippen molar-refractivity contribution in [2.75, 3.05) is 0 Å². The molecule has 0 radical (unpaired) electrons. The molecule has 0 bridgehead atoms. The Labute approximate surface area is 134 Å². The van der Waals surface area contributed by atoms with Crippen LogP contribution in [0.5, 0.6) is 11.5 Å². The summed E-state index contributed by atoms with van der Waals surface area (Å²) in [4.78, 5) is 0. The van der Waals surface area contributed by atoms with E-state index >= 15 is 0 Å². The van der Waals surface area contributed by atoms with Gasteiger partial charge in [0.1, 0.15) is 11.5 Å². The number of hydrogen-bond acceptors (Lipinski definition) is 2. The summed E-state index contributed by atoms with van der Waals surface area (Å²) in [6.45, 7) is 0. The summed E-state index contributed by atoms with van der Waals surface area (Å²) in [5.41, 5.74) is 1.98. The van der Waals surface area contributed by atoms with Crippen LogP contribution < -0.4 is 0 Å². The van der Waals surface area contributed by atoms with Crippen molar-refractivity contribution in [2.45, 2.75) is 6.42 Å². The molecule has 0 aliphatic rings. The van der Waals surface area contributed by atoms with Crippen LogP contribution in [0.4, 0.5) is 0 Å². The van der Waals surface area contributed by atoms with Crippen molar-refractivity contribution in [3.8, 4) is 11.5 Å². The van der Waals surface area contributed by atoms with Crippen LogP contribution in [-0.2, 0) is 6.42 Å². The van der Waals surface area contributed by atoms with Crippen LogP contribution in [0.3, 0.4) is 0 Å². The van der Waals surface area contributed by atoms with Gasteiger partial charge in [0.25, 0.3) is 0 Å². The smallest absolute Gasteiger partial charge is 0.126 e. The molecule has 0 unspecified atom stereocenters. The van der Waals surface area contributed by atoms with E-state index in [-0.39, 0.29) is 5.75 Å². The van der Waals surface area contributed by atoms with Crippen LogP contribution in [-0.4, -0.2) is 10.2 Å². The van der Waals surface area contributed by atoms with Gasteiger partial charge in [0.15, 0.2) is 0 Å². The number of benzene rings is 4. The number of fused-ring (bicyclic) bond motifs is 2. The third-order valence-electron chi connectivity index (χ3n) is 4.36. The van der Waals surface area contributed by atoms with Crippen LogP contribution in [0, 0.1) is 0 Å². The molecule has 2 heteroatoms. The molecule has 0 aliphatic heterocycles. The SMILES string of the molecule is Oc1c(Cc2ccc(O)c3ccccc23)ccc2ccccc12. The van der Waals surface area contributed by atoms with Crippen LogP contribution >= 0.6 is 0 Å². The highest BCUT2D eigenvalue weighted by molar-refractivity contribution is 5.92. The first-order valence-electron chi connectivity index (χ1n) is 7.63. The molecule has 0 saturated carbocycles. The van der Waals surface area contributed by atoms with E-state index in [2.05, 4.69) is 0 Å². The van der Waals surface area contributed by atoms with Gasteiger partial charge >= 0.3 is 0 Å².